The number of anilines is 1. The van der Waals surface area contributed by atoms with E-state index in [1.165, 1.54) is 0 Å². The van der Waals surface area contributed by atoms with Gasteiger partial charge in [0.1, 0.15) is 27.0 Å². The molecule has 3 aromatic rings. The van der Waals surface area contributed by atoms with Crippen LogP contribution in [0.1, 0.15) is 75.7 Å². The molecule has 0 aromatic carbocycles. The molecule has 1 atom stereocenters. The summed E-state index contributed by atoms with van der Waals surface area (Å²) >= 11 is 1.58. The maximum absolute atomic E-state index is 12.9. The van der Waals surface area contributed by atoms with Crippen LogP contribution in [0.15, 0.2) is 24.4 Å². The van der Waals surface area contributed by atoms with Gasteiger partial charge in [0.2, 0.25) is 5.95 Å². The Kier molecular flexibility index (Phi) is 7.69. The van der Waals surface area contributed by atoms with Gasteiger partial charge in [0.25, 0.3) is 0 Å². The fraction of sp³-hybridized carbons (Fsp3) is 0.593. The number of ether oxygens (including phenoxy) is 1. The molecule has 10 heteroatoms. The number of aliphatic hydroxyl groups is 1. The molecule has 0 radical (unpaired) electrons. The van der Waals surface area contributed by atoms with Crippen molar-refractivity contribution in [3.8, 4) is 0 Å². The van der Waals surface area contributed by atoms with E-state index in [4.69, 9.17) is 19.7 Å². The Bertz CT molecular complexity index is 1200. The van der Waals surface area contributed by atoms with Crippen molar-refractivity contribution in [1.82, 2.24) is 24.8 Å². The summed E-state index contributed by atoms with van der Waals surface area (Å²) in [5, 5.41) is 14.4. The fourth-order valence-corrected chi connectivity index (χ4v) is 6.02. The predicted molar refractivity (Wildman–Crippen MR) is 143 cm³/mol. The Hall–Kier alpha value is -2.69. The van der Waals surface area contributed by atoms with Crippen molar-refractivity contribution in [3.05, 3.63) is 40.8 Å². The highest BCUT2D eigenvalue weighted by Crippen LogP contribution is 2.26. The maximum Gasteiger partial charge on any atom is 0.323 e. The SMILES string of the molecule is CC(C)(C)OC(=O)[C@@H]1CCCN1Cc1cc(Cc2nc3cccnc3s2)nc(NC2CCC(O)CC2)n1. The van der Waals surface area contributed by atoms with Gasteiger partial charge in [0.15, 0.2) is 0 Å². The molecule has 2 fully saturated rings. The van der Waals surface area contributed by atoms with Gasteiger partial charge in [0, 0.05) is 25.2 Å². The van der Waals surface area contributed by atoms with Crippen LogP contribution in [0.2, 0.25) is 0 Å². The molecule has 4 heterocycles. The normalized spacial score (nSPS) is 22.9. The predicted octanol–water partition coefficient (Wildman–Crippen LogP) is 4.09. The second kappa shape index (κ2) is 11.0. The lowest BCUT2D eigenvalue weighted by molar-refractivity contribution is -0.160. The summed E-state index contributed by atoms with van der Waals surface area (Å²) in [5.74, 6) is 0.432. The molecule has 1 saturated carbocycles. The van der Waals surface area contributed by atoms with Gasteiger partial charge in [-0.2, -0.15) is 0 Å². The maximum atomic E-state index is 12.9. The molecular formula is C27H36N6O3S. The second-order valence-corrected chi connectivity index (χ2v) is 12.2. The number of nitrogens with zero attached hydrogens (tertiary/aromatic N) is 5. The van der Waals surface area contributed by atoms with Crippen molar-refractivity contribution in [3.63, 3.8) is 0 Å². The van der Waals surface area contributed by atoms with E-state index in [9.17, 15) is 9.90 Å². The first-order valence-corrected chi connectivity index (χ1v) is 14.0. The second-order valence-electron chi connectivity index (χ2n) is 11.1. The quantitative estimate of drug-likeness (QED) is 0.441. The van der Waals surface area contributed by atoms with Crippen molar-refractivity contribution < 1.29 is 14.6 Å². The highest BCUT2D eigenvalue weighted by atomic mass is 32.1. The molecule has 0 unspecified atom stereocenters. The van der Waals surface area contributed by atoms with Crippen molar-refractivity contribution >= 4 is 33.6 Å². The van der Waals surface area contributed by atoms with Crippen LogP contribution >= 0.6 is 11.3 Å². The number of aromatic nitrogens is 4. The van der Waals surface area contributed by atoms with Crippen molar-refractivity contribution in [1.29, 1.82) is 0 Å². The molecule has 5 rings (SSSR count). The van der Waals surface area contributed by atoms with Gasteiger partial charge in [-0.25, -0.2) is 19.9 Å². The number of rotatable bonds is 7. The Morgan fingerprint density at radius 1 is 1.16 bits per heavy atom. The Labute approximate surface area is 221 Å². The number of nitrogens with one attached hydrogen (secondary N) is 1. The average molecular weight is 525 g/mol. The van der Waals surface area contributed by atoms with Gasteiger partial charge in [-0.1, -0.05) is 11.3 Å². The van der Waals surface area contributed by atoms with E-state index in [-0.39, 0.29) is 24.2 Å². The number of pyridine rings is 1. The lowest BCUT2D eigenvalue weighted by Crippen LogP contribution is -2.40. The lowest BCUT2D eigenvalue weighted by atomic mass is 9.93. The van der Waals surface area contributed by atoms with Crippen LogP contribution in [0, 0.1) is 0 Å². The molecule has 2 N–H and O–H groups in total. The summed E-state index contributed by atoms with van der Waals surface area (Å²) in [6, 6.07) is 5.88. The number of thiazole rings is 1. The molecule has 1 aliphatic carbocycles. The third kappa shape index (κ3) is 6.80. The smallest absolute Gasteiger partial charge is 0.323 e. The third-order valence-corrected chi connectivity index (χ3v) is 7.79. The van der Waals surface area contributed by atoms with Gasteiger partial charge >= 0.3 is 5.97 Å². The van der Waals surface area contributed by atoms with E-state index in [1.807, 2.05) is 39.0 Å². The number of hydrogen-bond acceptors (Lipinski definition) is 10. The van der Waals surface area contributed by atoms with Gasteiger partial charge in [-0.05, 0) is 84.0 Å². The van der Waals surface area contributed by atoms with Gasteiger partial charge in [-0.3, -0.25) is 9.69 Å². The number of esters is 1. The molecule has 9 nitrogen and oxygen atoms in total. The minimum Gasteiger partial charge on any atom is -0.459 e. The molecule has 0 spiro atoms. The highest BCUT2D eigenvalue weighted by molar-refractivity contribution is 7.18. The zero-order valence-corrected chi connectivity index (χ0v) is 22.6. The van der Waals surface area contributed by atoms with E-state index in [1.54, 1.807) is 17.5 Å². The summed E-state index contributed by atoms with van der Waals surface area (Å²) in [6.45, 7) is 7.09. The monoisotopic (exact) mass is 524 g/mol. The standard InChI is InChI=1S/C27H36N6O3S/c1-27(2,3)36-25(35)22-7-5-13-33(22)16-19-14-18(15-23-32-21-6-4-12-28-24(21)37-23)30-26(31-19)29-17-8-10-20(34)11-9-17/h4,6,12,14,17,20,22,34H,5,7-11,13,15-16H2,1-3H3,(H,29,30,31)/t17?,20?,22-/m0/s1. The van der Waals surface area contributed by atoms with Gasteiger partial charge in [0.05, 0.1) is 17.5 Å². The fourth-order valence-electron chi connectivity index (χ4n) is 5.10. The molecule has 198 valence electrons. The zero-order valence-electron chi connectivity index (χ0n) is 21.8. The summed E-state index contributed by atoms with van der Waals surface area (Å²) in [5.41, 5.74) is 2.14. The first kappa shape index (κ1) is 25.9. The lowest BCUT2D eigenvalue weighted by Gasteiger charge is -2.28. The number of carbonyl (C=O) groups is 1. The Morgan fingerprint density at radius 2 is 1.95 bits per heavy atom. The molecule has 3 aromatic heterocycles. The van der Waals surface area contributed by atoms with Crippen LogP contribution in [0.4, 0.5) is 5.95 Å². The molecule has 1 aliphatic heterocycles. The van der Waals surface area contributed by atoms with E-state index < -0.39 is 5.60 Å². The largest absolute Gasteiger partial charge is 0.459 e. The summed E-state index contributed by atoms with van der Waals surface area (Å²) in [4.78, 5) is 34.8. The first-order chi connectivity index (χ1) is 17.7. The van der Waals surface area contributed by atoms with Crippen LogP contribution in [0.5, 0.6) is 0 Å². The summed E-state index contributed by atoms with van der Waals surface area (Å²) < 4.78 is 5.70. The van der Waals surface area contributed by atoms with Gasteiger partial charge in [-0.15, -0.1) is 0 Å². The van der Waals surface area contributed by atoms with E-state index in [0.717, 1.165) is 71.8 Å². The van der Waals surface area contributed by atoms with Crippen LogP contribution in [-0.4, -0.2) is 66.2 Å². The van der Waals surface area contributed by atoms with E-state index in [0.29, 0.717) is 18.9 Å². The topological polar surface area (TPSA) is 113 Å². The Balaban J connectivity index is 1.37. The molecule has 0 amide bonds. The third-order valence-electron chi connectivity index (χ3n) is 6.81. The van der Waals surface area contributed by atoms with Crippen molar-refractivity contribution in [2.45, 2.75) is 96.1 Å². The Morgan fingerprint density at radius 3 is 2.70 bits per heavy atom. The van der Waals surface area contributed by atoms with Crippen LogP contribution in [0.3, 0.4) is 0 Å². The molecule has 1 saturated heterocycles. The minimum atomic E-state index is -0.510. The van der Waals surface area contributed by atoms with Crippen LogP contribution < -0.4 is 5.32 Å². The number of fused-ring (bicyclic) bond motifs is 1. The molecule has 2 aliphatic rings. The number of hydrogen-bond donors (Lipinski definition) is 2. The minimum absolute atomic E-state index is 0.166. The molecule has 37 heavy (non-hydrogen) atoms. The van der Waals surface area contributed by atoms with E-state index in [2.05, 4.69) is 15.2 Å². The average Bonchev–Trinajstić information content (AvgIpc) is 3.45. The summed E-state index contributed by atoms with van der Waals surface area (Å²) in [7, 11) is 0. The van der Waals surface area contributed by atoms with Crippen molar-refractivity contribution in [2.75, 3.05) is 11.9 Å². The summed E-state index contributed by atoms with van der Waals surface area (Å²) in [6.07, 6.45) is 7.26. The number of aliphatic hydroxyl groups excluding tert-OH is 1. The number of carbonyl (C=O) groups excluding carboxylic acids is 1. The van der Waals surface area contributed by atoms with E-state index >= 15 is 0 Å². The molecular weight excluding hydrogens is 488 g/mol. The zero-order chi connectivity index (χ0) is 26.0. The highest BCUT2D eigenvalue weighted by Gasteiger charge is 2.34. The number of likely N-dealkylation sites (tertiary alicyclic amines) is 1. The van der Waals surface area contributed by atoms with Crippen LogP contribution in [-0.2, 0) is 22.5 Å². The first-order valence-electron chi connectivity index (χ1n) is 13.2. The molecule has 0 bridgehead atoms. The van der Waals surface area contributed by atoms with Crippen LogP contribution in [0.25, 0.3) is 10.3 Å². The van der Waals surface area contributed by atoms with Crippen molar-refractivity contribution in [2.24, 2.45) is 0 Å². The van der Waals surface area contributed by atoms with Gasteiger partial charge < -0.3 is 15.2 Å².